The summed E-state index contributed by atoms with van der Waals surface area (Å²) in [4.78, 5) is 12.0. The van der Waals surface area contributed by atoms with Gasteiger partial charge in [0.05, 0.1) is 12.0 Å². The Bertz CT molecular complexity index is 359. The van der Waals surface area contributed by atoms with E-state index in [1.165, 1.54) is 0 Å². The fraction of sp³-hybridized carbons (Fsp3) is 0.929. The summed E-state index contributed by atoms with van der Waals surface area (Å²) in [7, 11) is 0. The Labute approximate surface area is 108 Å². The third-order valence-electron chi connectivity index (χ3n) is 4.84. The third kappa shape index (κ3) is 1.77. The van der Waals surface area contributed by atoms with Crippen LogP contribution in [0.1, 0.15) is 33.6 Å². The molecule has 3 fully saturated rings. The Morgan fingerprint density at radius 2 is 2.00 bits per heavy atom. The Morgan fingerprint density at radius 1 is 1.28 bits per heavy atom. The van der Waals surface area contributed by atoms with E-state index in [0.717, 1.165) is 12.8 Å². The van der Waals surface area contributed by atoms with Gasteiger partial charge in [-0.2, -0.15) is 0 Å². The standard InChI is InChI=1S/C14H22O4/c1-14(2,3)13(16)18-10-5-7-4-8(10)11-9(7)6-17-12(11)15/h7-12,15H,4-6H2,1-3H3. The van der Waals surface area contributed by atoms with Crippen molar-refractivity contribution >= 4 is 5.97 Å². The Hall–Kier alpha value is -0.610. The highest BCUT2D eigenvalue weighted by molar-refractivity contribution is 5.75. The number of rotatable bonds is 1. The maximum Gasteiger partial charge on any atom is 0.311 e. The van der Waals surface area contributed by atoms with E-state index >= 15 is 0 Å². The lowest BCUT2D eigenvalue weighted by Gasteiger charge is -2.32. The van der Waals surface area contributed by atoms with Crippen LogP contribution in [0.4, 0.5) is 0 Å². The molecule has 0 aromatic carbocycles. The van der Waals surface area contributed by atoms with Crippen molar-refractivity contribution in [3.05, 3.63) is 0 Å². The molecular formula is C14H22O4. The van der Waals surface area contributed by atoms with Crippen LogP contribution in [0.5, 0.6) is 0 Å². The summed E-state index contributed by atoms with van der Waals surface area (Å²) in [6, 6.07) is 0. The quantitative estimate of drug-likeness (QED) is 0.722. The zero-order valence-corrected chi connectivity index (χ0v) is 11.3. The number of fused-ring (bicyclic) bond motifs is 5. The minimum atomic E-state index is -0.652. The SMILES string of the molecule is CC(C)(C)C(=O)OC1CC2CC1C1C(O)OCC21. The molecular weight excluding hydrogens is 232 g/mol. The van der Waals surface area contributed by atoms with Gasteiger partial charge in [0.15, 0.2) is 6.29 Å². The molecule has 0 radical (unpaired) electrons. The van der Waals surface area contributed by atoms with Crippen molar-refractivity contribution in [2.24, 2.45) is 29.1 Å². The minimum Gasteiger partial charge on any atom is -0.462 e. The highest BCUT2D eigenvalue weighted by Crippen LogP contribution is 2.57. The van der Waals surface area contributed by atoms with Crippen molar-refractivity contribution < 1.29 is 19.4 Å². The van der Waals surface area contributed by atoms with Gasteiger partial charge in [0, 0.05) is 11.8 Å². The number of hydrogen-bond donors (Lipinski definition) is 1. The van der Waals surface area contributed by atoms with Crippen LogP contribution in [0.25, 0.3) is 0 Å². The summed E-state index contributed by atoms with van der Waals surface area (Å²) >= 11 is 0. The maximum atomic E-state index is 12.0. The Morgan fingerprint density at radius 3 is 2.67 bits per heavy atom. The minimum absolute atomic E-state index is 0.0145. The summed E-state index contributed by atoms with van der Waals surface area (Å²) in [5.41, 5.74) is -0.452. The fourth-order valence-electron chi connectivity index (χ4n) is 3.90. The molecule has 0 amide bonds. The van der Waals surface area contributed by atoms with Gasteiger partial charge >= 0.3 is 5.97 Å². The molecule has 3 aliphatic rings. The van der Waals surface area contributed by atoms with Gasteiger partial charge in [-0.15, -0.1) is 0 Å². The second-order valence-corrected chi connectivity index (χ2v) is 7.05. The van der Waals surface area contributed by atoms with Gasteiger partial charge in [0.1, 0.15) is 6.10 Å². The zero-order valence-electron chi connectivity index (χ0n) is 11.3. The molecule has 6 unspecified atom stereocenters. The molecule has 1 aliphatic heterocycles. The predicted octanol–water partition coefficient (Wildman–Crippen LogP) is 1.57. The largest absolute Gasteiger partial charge is 0.462 e. The number of carbonyl (C=O) groups is 1. The van der Waals surface area contributed by atoms with Crippen LogP contribution in [0.3, 0.4) is 0 Å². The van der Waals surface area contributed by atoms with Crippen molar-refractivity contribution in [1.82, 2.24) is 0 Å². The molecule has 2 saturated carbocycles. The van der Waals surface area contributed by atoms with Crippen molar-refractivity contribution in [1.29, 1.82) is 0 Å². The Balaban J connectivity index is 1.69. The molecule has 18 heavy (non-hydrogen) atoms. The Kier molecular flexibility index (Phi) is 2.72. The van der Waals surface area contributed by atoms with Crippen LogP contribution in [-0.4, -0.2) is 30.1 Å². The molecule has 4 nitrogen and oxygen atoms in total. The summed E-state index contributed by atoms with van der Waals surface area (Å²) < 4.78 is 11.0. The first-order valence-corrected chi connectivity index (χ1v) is 6.88. The van der Waals surface area contributed by atoms with Crippen LogP contribution in [0.2, 0.25) is 0 Å². The van der Waals surface area contributed by atoms with Crippen molar-refractivity contribution in [2.75, 3.05) is 6.61 Å². The van der Waals surface area contributed by atoms with Crippen molar-refractivity contribution in [3.63, 3.8) is 0 Å². The summed E-state index contributed by atoms with van der Waals surface area (Å²) in [5, 5.41) is 9.87. The summed E-state index contributed by atoms with van der Waals surface area (Å²) in [6.45, 7) is 6.30. The molecule has 2 aliphatic carbocycles. The summed E-state index contributed by atoms with van der Waals surface area (Å²) in [5.74, 6) is 1.39. The number of ether oxygens (including phenoxy) is 2. The molecule has 6 atom stereocenters. The van der Waals surface area contributed by atoms with E-state index in [1.807, 2.05) is 20.8 Å². The van der Waals surface area contributed by atoms with Gasteiger partial charge in [0.2, 0.25) is 0 Å². The van der Waals surface area contributed by atoms with Crippen LogP contribution >= 0.6 is 0 Å². The van der Waals surface area contributed by atoms with Crippen LogP contribution in [-0.2, 0) is 14.3 Å². The lowest BCUT2D eigenvalue weighted by atomic mass is 9.79. The molecule has 3 rings (SSSR count). The zero-order chi connectivity index (χ0) is 13.1. The number of aliphatic hydroxyl groups is 1. The first-order valence-electron chi connectivity index (χ1n) is 6.88. The molecule has 1 saturated heterocycles. The number of esters is 1. The molecule has 2 bridgehead atoms. The fourth-order valence-corrected chi connectivity index (χ4v) is 3.90. The van der Waals surface area contributed by atoms with Gasteiger partial charge in [-0.1, -0.05) is 0 Å². The smallest absolute Gasteiger partial charge is 0.311 e. The molecule has 1 N–H and O–H groups in total. The van der Waals surface area contributed by atoms with Gasteiger partial charge < -0.3 is 14.6 Å². The van der Waals surface area contributed by atoms with Crippen LogP contribution < -0.4 is 0 Å². The second kappa shape index (κ2) is 3.94. The van der Waals surface area contributed by atoms with E-state index in [9.17, 15) is 9.90 Å². The van der Waals surface area contributed by atoms with Crippen molar-refractivity contribution in [3.8, 4) is 0 Å². The molecule has 0 aromatic rings. The first kappa shape index (κ1) is 12.4. The van der Waals surface area contributed by atoms with Gasteiger partial charge in [-0.3, -0.25) is 4.79 Å². The first-order chi connectivity index (χ1) is 8.38. The van der Waals surface area contributed by atoms with E-state index in [1.54, 1.807) is 0 Å². The molecule has 4 heteroatoms. The lowest BCUT2D eigenvalue weighted by molar-refractivity contribution is -0.165. The van der Waals surface area contributed by atoms with Crippen molar-refractivity contribution in [2.45, 2.75) is 46.0 Å². The predicted molar refractivity (Wildman–Crippen MR) is 64.5 cm³/mol. The second-order valence-electron chi connectivity index (χ2n) is 7.05. The number of aliphatic hydroxyl groups excluding tert-OH is 1. The average molecular weight is 254 g/mol. The maximum absolute atomic E-state index is 12.0. The van der Waals surface area contributed by atoms with Gasteiger partial charge in [-0.05, 0) is 45.4 Å². The van der Waals surface area contributed by atoms with Crippen LogP contribution in [0.15, 0.2) is 0 Å². The molecule has 0 aromatic heterocycles. The lowest BCUT2D eigenvalue weighted by Crippen LogP contribution is -2.38. The molecule has 1 heterocycles. The van der Waals surface area contributed by atoms with Gasteiger partial charge in [-0.25, -0.2) is 0 Å². The molecule has 102 valence electrons. The monoisotopic (exact) mass is 254 g/mol. The number of hydrogen-bond acceptors (Lipinski definition) is 4. The summed E-state index contributed by atoms with van der Waals surface area (Å²) in [6.07, 6.45) is 1.36. The topological polar surface area (TPSA) is 55.8 Å². The molecule has 0 spiro atoms. The van der Waals surface area contributed by atoms with Gasteiger partial charge in [0.25, 0.3) is 0 Å². The number of carbonyl (C=O) groups excluding carboxylic acids is 1. The van der Waals surface area contributed by atoms with Crippen LogP contribution in [0, 0.1) is 29.1 Å². The van der Waals surface area contributed by atoms with E-state index in [0.29, 0.717) is 24.4 Å². The van der Waals surface area contributed by atoms with E-state index < -0.39 is 11.7 Å². The van der Waals surface area contributed by atoms with E-state index in [2.05, 4.69) is 0 Å². The highest BCUT2D eigenvalue weighted by atomic mass is 16.6. The third-order valence-corrected chi connectivity index (χ3v) is 4.84. The average Bonchev–Trinajstić information content (AvgIpc) is 2.89. The van der Waals surface area contributed by atoms with E-state index in [-0.39, 0.29) is 18.0 Å². The normalized spacial score (nSPS) is 46.2. The van der Waals surface area contributed by atoms with E-state index in [4.69, 9.17) is 9.47 Å². The highest BCUT2D eigenvalue weighted by Gasteiger charge is 2.59.